The predicted molar refractivity (Wildman–Crippen MR) is 113 cm³/mol. The van der Waals surface area contributed by atoms with Crippen LogP contribution in [0.15, 0.2) is 48.5 Å². The molecule has 0 heterocycles. The molecule has 1 saturated carbocycles. The number of hydrogen-bond acceptors (Lipinski definition) is 2. The molecule has 0 aromatic heterocycles. The summed E-state index contributed by atoms with van der Waals surface area (Å²) in [5, 5.41) is 5.99. The average molecular weight is 380 g/mol. The molecule has 1 aliphatic rings. The number of rotatable bonds is 5. The average Bonchev–Trinajstić information content (AvgIpc) is 3.18. The van der Waals surface area contributed by atoms with E-state index in [9.17, 15) is 9.59 Å². The first-order valence-corrected chi connectivity index (χ1v) is 9.84. The SMILES string of the molecule is Cc1cc(C(=O)N(C)C)ccc1NC(=O)NCC1(c2ccccc2)CCCC1. The topological polar surface area (TPSA) is 61.4 Å². The lowest BCUT2D eigenvalue weighted by atomic mass is 9.79. The normalized spacial score (nSPS) is 15.1. The Labute approximate surface area is 167 Å². The lowest BCUT2D eigenvalue weighted by Gasteiger charge is -2.30. The summed E-state index contributed by atoms with van der Waals surface area (Å²) in [5.41, 5.74) is 3.52. The van der Waals surface area contributed by atoms with Crippen molar-refractivity contribution in [3.05, 3.63) is 65.2 Å². The standard InChI is InChI=1S/C23H29N3O2/c1-17-15-18(21(27)26(2)3)11-12-20(17)25-22(28)24-16-23(13-7-8-14-23)19-9-5-4-6-10-19/h4-6,9-12,15H,7-8,13-14,16H2,1-3H3,(H2,24,25,28). The summed E-state index contributed by atoms with van der Waals surface area (Å²) in [6, 6.07) is 15.6. The van der Waals surface area contributed by atoms with Crippen LogP contribution in [0.1, 0.15) is 47.2 Å². The number of nitrogens with one attached hydrogen (secondary N) is 2. The van der Waals surface area contributed by atoms with Crippen LogP contribution in [0.2, 0.25) is 0 Å². The second-order valence-electron chi connectivity index (χ2n) is 7.89. The quantitative estimate of drug-likeness (QED) is 0.812. The number of urea groups is 1. The third kappa shape index (κ3) is 4.35. The fraction of sp³-hybridized carbons (Fsp3) is 0.391. The van der Waals surface area contributed by atoms with Crippen LogP contribution in [-0.4, -0.2) is 37.5 Å². The van der Waals surface area contributed by atoms with Crippen molar-refractivity contribution in [1.29, 1.82) is 0 Å². The number of anilines is 1. The summed E-state index contributed by atoms with van der Waals surface area (Å²) in [6.07, 6.45) is 4.58. The number of amides is 3. The van der Waals surface area contributed by atoms with Crippen LogP contribution in [0.5, 0.6) is 0 Å². The molecule has 1 aliphatic carbocycles. The van der Waals surface area contributed by atoms with Gasteiger partial charge in [0, 0.05) is 37.3 Å². The van der Waals surface area contributed by atoms with E-state index in [0.29, 0.717) is 17.8 Å². The molecule has 0 unspecified atom stereocenters. The zero-order valence-electron chi connectivity index (χ0n) is 16.9. The molecule has 2 N–H and O–H groups in total. The lowest BCUT2D eigenvalue weighted by molar-refractivity contribution is 0.0827. The van der Waals surface area contributed by atoms with Gasteiger partial charge < -0.3 is 15.5 Å². The molecule has 148 valence electrons. The number of hydrogen-bond donors (Lipinski definition) is 2. The minimum atomic E-state index is -0.211. The first-order chi connectivity index (χ1) is 13.4. The Morgan fingerprint density at radius 2 is 1.71 bits per heavy atom. The molecule has 0 aliphatic heterocycles. The van der Waals surface area contributed by atoms with Crippen LogP contribution in [0, 0.1) is 6.92 Å². The Balaban J connectivity index is 1.65. The van der Waals surface area contributed by atoms with Crippen molar-refractivity contribution in [3.63, 3.8) is 0 Å². The molecule has 28 heavy (non-hydrogen) atoms. The molecule has 3 rings (SSSR count). The van der Waals surface area contributed by atoms with Gasteiger partial charge in [-0.1, -0.05) is 43.2 Å². The van der Waals surface area contributed by atoms with E-state index in [1.165, 1.54) is 18.4 Å². The van der Waals surface area contributed by atoms with Crippen LogP contribution in [-0.2, 0) is 5.41 Å². The van der Waals surface area contributed by atoms with Crippen LogP contribution < -0.4 is 10.6 Å². The highest BCUT2D eigenvalue weighted by Crippen LogP contribution is 2.40. The molecule has 1 fully saturated rings. The van der Waals surface area contributed by atoms with Crippen molar-refractivity contribution in [1.82, 2.24) is 10.2 Å². The summed E-state index contributed by atoms with van der Waals surface area (Å²) in [6.45, 7) is 2.52. The lowest BCUT2D eigenvalue weighted by Crippen LogP contribution is -2.41. The monoisotopic (exact) mass is 379 g/mol. The van der Waals surface area contributed by atoms with Gasteiger partial charge in [0.15, 0.2) is 0 Å². The van der Waals surface area contributed by atoms with Gasteiger partial charge in [-0.05, 0) is 49.1 Å². The van der Waals surface area contributed by atoms with E-state index in [0.717, 1.165) is 18.4 Å². The Hall–Kier alpha value is -2.82. The first-order valence-electron chi connectivity index (χ1n) is 9.84. The molecule has 0 spiro atoms. The maximum absolute atomic E-state index is 12.5. The van der Waals surface area contributed by atoms with Crippen molar-refractivity contribution >= 4 is 17.6 Å². The predicted octanol–water partition coefficient (Wildman–Crippen LogP) is 4.33. The number of benzene rings is 2. The van der Waals surface area contributed by atoms with Gasteiger partial charge in [0.2, 0.25) is 0 Å². The third-order valence-corrected chi connectivity index (χ3v) is 5.66. The third-order valence-electron chi connectivity index (χ3n) is 5.66. The second-order valence-corrected chi connectivity index (χ2v) is 7.89. The van der Waals surface area contributed by atoms with Crippen molar-refractivity contribution in [2.75, 3.05) is 26.0 Å². The molecule has 2 aromatic rings. The fourth-order valence-electron chi connectivity index (χ4n) is 4.02. The Kier molecular flexibility index (Phi) is 6.02. The molecule has 3 amide bonds. The van der Waals surface area contributed by atoms with Crippen molar-refractivity contribution in [3.8, 4) is 0 Å². The van der Waals surface area contributed by atoms with Gasteiger partial charge in [-0.25, -0.2) is 4.79 Å². The van der Waals surface area contributed by atoms with Crippen molar-refractivity contribution in [2.45, 2.75) is 38.0 Å². The Morgan fingerprint density at radius 3 is 2.32 bits per heavy atom. The Bertz CT molecular complexity index is 840. The van der Waals surface area contributed by atoms with Gasteiger partial charge in [0.1, 0.15) is 0 Å². The minimum Gasteiger partial charge on any atom is -0.345 e. The number of carbonyl (C=O) groups is 2. The van der Waals surface area contributed by atoms with E-state index in [2.05, 4.69) is 34.9 Å². The molecular formula is C23H29N3O2. The van der Waals surface area contributed by atoms with Gasteiger partial charge >= 0.3 is 6.03 Å². The molecular weight excluding hydrogens is 350 g/mol. The number of carbonyl (C=O) groups excluding carboxylic acids is 2. The van der Waals surface area contributed by atoms with Gasteiger partial charge in [0.25, 0.3) is 5.91 Å². The molecule has 0 radical (unpaired) electrons. The zero-order valence-corrected chi connectivity index (χ0v) is 16.9. The van der Waals surface area contributed by atoms with Crippen LogP contribution in [0.25, 0.3) is 0 Å². The molecule has 2 aromatic carbocycles. The number of nitrogens with zero attached hydrogens (tertiary/aromatic N) is 1. The zero-order chi connectivity index (χ0) is 20.1. The van der Waals surface area contributed by atoms with Crippen molar-refractivity contribution < 1.29 is 9.59 Å². The molecule has 0 atom stereocenters. The van der Waals surface area contributed by atoms with E-state index >= 15 is 0 Å². The first kappa shape index (κ1) is 19.9. The summed E-state index contributed by atoms with van der Waals surface area (Å²) < 4.78 is 0. The van der Waals surface area contributed by atoms with E-state index in [1.807, 2.05) is 13.0 Å². The second kappa shape index (κ2) is 8.46. The molecule has 5 heteroatoms. The van der Waals surface area contributed by atoms with Crippen molar-refractivity contribution in [2.24, 2.45) is 0 Å². The van der Waals surface area contributed by atoms with Crippen LogP contribution in [0.4, 0.5) is 10.5 Å². The van der Waals surface area contributed by atoms with Gasteiger partial charge in [0.05, 0.1) is 0 Å². The number of aryl methyl sites for hydroxylation is 1. The maximum atomic E-state index is 12.5. The van der Waals surface area contributed by atoms with Gasteiger partial charge in [-0.15, -0.1) is 0 Å². The van der Waals surface area contributed by atoms with E-state index in [1.54, 1.807) is 37.2 Å². The van der Waals surface area contributed by atoms with E-state index in [4.69, 9.17) is 0 Å². The summed E-state index contributed by atoms with van der Waals surface area (Å²) in [4.78, 5) is 26.1. The maximum Gasteiger partial charge on any atom is 0.319 e. The van der Waals surface area contributed by atoms with Crippen LogP contribution in [0.3, 0.4) is 0 Å². The molecule has 0 saturated heterocycles. The van der Waals surface area contributed by atoms with E-state index < -0.39 is 0 Å². The van der Waals surface area contributed by atoms with E-state index in [-0.39, 0.29) is 17.4 Å². The van der Waals surface area contributed by atoms with Gasteiger partial charge in [-0.3, -0.25) is 4.79 Å². The summed E-state index contributed by atoms with van der Waals surface area (Å²) in [5.74, 6) is -0.0508. The highest BCUT2D eigenvalue weighted by molar-refractivity contribution is 5.96. The Morgan fingerprint density at radius 1 is 1.04 bits per heavy atom. The smallest absolute Gasteiger partial charge is 0.319 e. The fourth-order valence-corrected chi connectivity index (χ4v) is 4.02. The summed E-state index contributed by atoms with van der Waals surface area (Å²) >= 11 is 0. The highest BCUT2D eigenvalue weighted by Gasteiger charge is 2.35. The van der Waals surface area contributed by atoms with Crippen LogP contribution >= 0.6 is 0 Å². The highest BCUT2D eigenvalue weighted by atomic mass is 16.2. The molecule has 5 nitrogen and oxygen atoms in total. The van der Waals surface area contributed by atoms with Gasteiger partial charge in [-0.2, -0.15) is 0 Å². The largest absolute Gasteiger partial charge is 0.345 e. The summed E-state index contributed by atoms with van der Waals surface area (Å²) in [7, 11) is 3.45. The minimum absolute atomic E-state index is 0.0234. The molecule has 0 bridgehead atoms.